The van der Waals surface area contributed by atoms with Crippen LogP contribution in [-0.4, -0.2) is 53.2 Å². The molecule has 136 valence electrons. The summed E-state index contributed by atoms with van der Waals surface area (Å²) in [6, 6.07) is 1.61. The van der Waals surface area contributed by atoms with E-state index in [9.17, 15) is 9.59 Å². The monoisotopic (exact) mass is 378 g/mol. The van der Waals surface area contributed by atoms with E-state index in [0.717, 1.165) is 0 Å². The van der Waals surface area contributed by atoms with Gasteiger partial charge in [0.05, 0.1) is 30.6 Å². The fourth-order valence-electron chi connectivity index (χ4n) is 2.36. The van der Waals surface area contributed by atoms with Crippen molar-refractivity contribution >= 4 is 34.6 Å². The minimum atomic E-state index is -0.957. The second-order valence-corrected chi connectivity index (χ2v) is 5.94. The van der Waals surface area contributed by atoms with E-state index in [0.29, 0.717) is 16.2 Å². The Morgan fingerprint density at radius 3 is 2.96 bits per heavy atom. The number of carboxylic acid groups (broad SMARTS) is 1. The topological polar surface area (TPSA) is 125 Å². The molecule has 1 unspecified atom stereocenters. The summed E-state index contributed by atoms with van der Waals surface area (Å²) in [4.78, 5) is 30.7. The first-order valence-corrected chi connectivity index (χ1v) is 8.09. The lowest BCUT2D eigenvalue weighted by atomic mass is 10.3. The summed E-state index contributed by atoms with van der Waals surface area (Å²) in [5.74, 6) is -1.59. The first-order chi connectivity index (χ1) is 12.5. The highest BCUT2D eigenvalue weighted by Gasteiger charge is 2.17. The summed E-state index contributed by atoms with van der Waals surface area (Å²) in [7, 11) is 0. The van der Waals surface area contributed by atoms with Gasteiger partial charge in [-0.25, -0.2) is 14.8 Å². The molecule has 1 N–H and O–H groups in total. The zero-order valence-corrected chi connectivity index (χ0v) is 14.5. The van der Waals surface area contributed by atoms with Crippen molar-refractivity contribution in [1.29, 1.82) is 0 Å². The fraction of sp³-hybridized carbons (Fsp3) is 0.333. The summed E-state index contributed by atoms with van der Waals surface area (Å²) in [6.45, 7) is 2.08. The quantitative estimate of drug-likeness (QED) is 0.485. The maximum Gasteiger partial charge on any atom is 0.360 e. The first-order valence-electron chi connectivity index (χ1n) is 7.72. The van der Waals surface area contributed by atoms with Crippen molar-refractivity contribution in [3.05, 3.63) is 35.6 Å². The lowest BCUT2D eigenvalue weighted by Gasteiger charge is -2.14. The van der Waals surface area contributed by atoms with Gasteiger partial charge in [0.25, 0.3) is 0 Å². The number of nitrogens with zero attached hydrogens (tertiary/aromatic N) is 6. The van der Waals surface area contributed by atoms with Gasteiger partial charge in [-0.05, 0) is 13.0 Å². The number of halogens is 1. The van der Waals surface area contributed by atoms with Gasteiger partial charge in [-0.2, -0.15) is 0 Å². The van der Waals surface area contributed by atoms with E-state index in [1.807, 2.05) is 11.5 Å². The van der Waals surface area contributed by atoms with Crippen LogP contribution in [0, 0.1) is 0 Å². The van der Waals surface area contributed by atoms with E-state index in [-0.39, 0.29) is 31.3 Å². The van der Waals surface area contributed by atoms with Crippen molar-refractivity contribution in [3.63, 3.8) is 0 Å². The molecule has 3 heterocycles. The maximum atomic E-state index is 12.1. The number of esters is 1. The molecule has 0 spiro atoms. The van der Waals surface area contributed by atoms with Crippen LogP contribution < -0.4 is 0 Å². The molecule has 0 aliphatic heterocycles. The molecule has 0 aliphatic carbocycles. The van der Waals surface area contributed by atoms with Crippen molar-refractivity contribution in [1.82, 2.24) is 29.5 Å². The summed E-state index contributed by atoms with van der Waals surface area (Å²) < 4.78 is 8.38. The molecule has 0 fully saturated rings. The number of hydrogen-bond donors (Lipinski definition) is 1. The molecule has 3 aromatic rings. The van der Waals surface area contributed by atoms with Crippen LogP contribution in [0.1, 0.15) is 29.9 Å². The SMILES string of the molecule is CC(COC(=O)c1cn(CCC(=O)O)nn1)n1ccc2c(Cl)ncnc21. The second kappa shape index (κ2) is 7.48. The summed E-state index contributed by atoms with van der Waals surface area (Å²) in [5, 5.41) is 17.1. The molecule has 10 nitrogen and oxygen atoms in total. The molecule has 0 bridgehead atoms. The number of ether oxygens (including phenoxy) is 1. The minimum absolute atomic E-state index is 0.0188. The average Bonchev–Trinajstić information content (AvgIpc) is 3.25. The third-order valence-electron chi connectivity index (χ3n) is 3.69. The third kappa shape index (κ3) is 3.80. The Kier molecular flexibility index (Phi) is 5.12. The largest absolute Gasteiger partial charge is 0.481 e. The highest BCUT2D eigenvalue weighted by molar-refractivity contribution is 6.33. The molecule has 1 atom stereocenters. The average molecular weight is 379 g/mol. The highest BCUT2D eigenvalue weighted by Crippen LogP contribution is 2.23. The second-order valence-electron chi connectivity index (χ2n) is 5.58. The molecular formula is C15H15ClN6O4. The van der Waals surface area contributed by atoms with E-state index in [4.69, 9.17) is 21.4 Å². The number of rotatable bonds is 7. The van der Waals surface area contributed by atoms with E-state index in [1.54, 1.807) is 12.3 Å². The number of hydrogen-bond acceptors (Lipinski definition) is 7. The Morgan fingerprint density at radius 2 is 2.19 bits per heavy atom. The Bertz CT molecular complexity index is 953. The molecule has 26 heavy (non-hydrogen) atoms. The third-order valence-corrected chi connectivity index (χ3v) is 3.99. The zero-order valence-electron chi connectivity index (χ0n) is 13.7. The molecule has 3 rings (SSSR count). The molecule has 0 radical (unpaired) electrons. The van der Waals surface area contributed by atoms with Gasteiger partial charge in [-0.1, -0.05) is 16.8 Å². The zero-order chi connectivity index (χ0) is 18.7. The molecule has 11 heteroatoms. The van der Waals surface area contributed by atoms with Gasteiger partial charge in [0, 0.05) is 6.20 Å². The molecule has 0 saturated heterocycles. The van der Waals surface area contributed by atoms with Gasteiger partial charge < -0.3 is 14.4 Å². The van der Waals surface area contributed by atoms with Crippen LogP contribution in [0.3, 0.4) is 0 Å². The standard InChI is InChI=1S/C15H15ClN6O4/c1-9(22-5-2-10-13(16)17-8-18-14(10)22)7-26-15(25)11-6-21(20-19-11)4-3-12(23)24/h2,5-6,8-9H,3-4,7H2,1H3,(H,23,24). The number of aryl methyl sites for hydroxylation is 1. The molecule has 0 aliphatic rings. The Morgan fingerprint density at radius 1 is 1.38 bits per heavy atom. The predicted octanol–water partition coefficient (Wildman–Crippen LogP) is 1.57. The van der Waals surface area contributed by atoms with E-state index in [2.05, 4.69) is 20.3 Å². The number of carbonyl (C=O) groups excluding carboxylic acids is 1. The molecule has 3 aromatic heterocycles. The van der Waals surface area contributed by atoms with Gasteiger partial charge in [-0.3, -0.25) is 9.48 Å². The lowest BCUT2D eigenvalue weighted by molar-refractivity contribution is -0.137. The van der Waals surface area contributed by atoms with E-state index < -0.39 is 11.9 Å². The van der Waals surface area contributed by atoms with Crippen LogP contribution in [0.2, 0.25) is 5.15 Å². The Labute approximate surface area is 152 Å². The number of aromatic nitrogens is 6. The minimum Gasteiger partial charge on any atom is -0.481 e. The molecule has 0 aromatic carbocycles. The van der Waals surface area contributed by atoms with Crippen LogP contribution in [0.25, 0.3) is 11.0 Å². The van der Waals surface area contributed by atoms with Crippen LogP contribution in [0.5, 0.6) is 0 Å². The number of carbonyl (C=O) groups is 2. The Hall–Kier alpha value is -3.01. The van der Waals surface area contributed by atoms with Crippen molar-refractivity contribution in [3.8, 4) is 0 Å². The normalized spacial score (nSPS) is 12.2. The van der Waals surface area contributed by atoms with Gasteiger partial charge >= 0.3 is 11.9 Å². The van der Waals surface area contributed by atoms with Crippen molar-refractivity contribution in [2.75, 3.05) is 6.61 Å². The molecule has 0 saturated carbocycles. The number of fused-ring (bicyclic) bond motifs is 1. The smallest absolute Gasteiger partial charge is 0.360 e. The molecule has 0 amide bonds. The lowest BCUT2D eigenvalue weighted by Crippen LogP contribution is -2.16. The summed E-state index contributed by atoms with van der Waals surface area (Å²) in [5.41, 5.74) is 0.665. The van der Waals surface area contributed by atoms with E-state index >= 15 is 0 Å². The van der Waals surface area contributed by atoms with E-state index in [1.165, 1.54) is 17.2 Å². The summed E-state index contributed by atoms with van der Waals surface area (Å²) >= 11 is 6.03. The Balaban J connectivity index is 1.62. The van der Waals surface area contributed by atoms with Crippen molar-refractivity contribution in [2.24, 2.45) is 0 Å². The van der Waals surface area contributed by atoms with Gasteiger partial charge in [0.1, 0.15) is 23.7 Å². The van der Waals surface area contributed by atoms with Gasteiger partial charge in [0.2, 0.25) is 0 Å². The maximum absolute atomic E-state index is 12.1. The number of aliphatic carboxylic acids is 1. The van der Waals surface area contributed by atoms with Crippen molar-refractivity contribution < 1.29 is 19.4 Å². The number of carboxylic acids is 1. The highest BCUT2D eigenvalue weighted by atomic mass is 35.5. The fourth-order valence-corrected chi connectivity index (χ4v) is 2.55. The van der Waals surface area contributed by atoms with Crippen LogP contribution in [0.4, 0.5) is 0 Å². The summed E-state index contributed by atoms with van der Waals surface area (Å²) in [6.07, 6.45) is 4.41. The van der Waals surface area contributed by atoms with Gasteiger partial charge in [-0.15, -0.1) is 5.10 Å². The predicted molar refractivity (Wildman–Crippen MR) is 89.8 cm³/mol. The first kappa shape index (κ1) is 17.8. The molecular weight excluding hydrogens is 364 g/mol. The van der Waals surface area contributed by atoms with Crippen molar-refractivity contribution in [2.45, 2.75) is 25.9 Å². The van der Waals surface area contributed by atoms with Crippen LogP contribution in [0.15, 0.2) is 24.8 Å². The van der Waals surface area contributed by atoms with Crippen LogP contribution >= 0.6 is 11.6 Å². The van der Waals surface area contributed by atoms with Gasteiger partial charge in [0.15, 0.2) is 5.69 Å². The van der Waals surface area contributed by atoms with Crippen LogP contribution in [-0.2, 0) is 16.1 Å².